The lowest BCUT2D eigenvalue weighted by Gasteiger charge is -2.15. The SMILES string of the molecule is O=C(NCc1ccccn1)C1(C(=O)Nc2ccc(Oc3ccccc3)cc2)CC1. The maximum absolute atomic E-state index is 12.7. The molecule has 6 heteroatoms. The molecular weight excluding hydrogens is 366 g/mol. The lowest BCUT2D eigenvalue weighted by molar-refractivity contribution is -0.134. The number of nitrogens with zero attached hydrogens (tertiary/aromatic N) is 1. The molecule has 1 fully saturated rings. The summed E-state index contributed by atoms with van der Waals surface area (Å²) in [5.41, 5.74) is 0.388. The summed E-state index contributed by atoms with van der Waals surface area (Å²) in [4.78, 5) is 29.5. The second kappa shape index (κ2) is 8.14. The van der Waals surface area contributed by atoms with Gasteiger partial charge in [0.1, 0.15) is 16.9 Å². The zero-order chi connectivity index (χ0) is 20.1. The van der Waals surface area contributed by atoms with Crippen molar-refractivity contribution >= 4 is 17.5 Å². The second-order valence-electron chi connectivity index (χ2n) is 6.98. The van der Waals surface area contributed by atoms with E-state index >= 15 is 0 Å². The lowest BCUT2D eigenvalue weighted by atomic mass is 10.0. The Hall–Kier alpha value is -3.67. The monoisotopic (exact) mass is 387 g/mol. The van der Waals surface area contributed by atoms with E-state index in [1.165, 1.54) is 0 Å². The van der Waals surface area contributed by atoms with Gasteiger partial charge in [-0.2, -0.15) is 0 Å². The molecule has 2 aromatic carbocycles. The highest BCUT2D eigenvalue weighted by Gasteiger charge is 2.56. The molecule has 0 spiro atoms. The van der Waals surface area contributed by atoms with Crippen LogP contribution in [-0.2, 0) is 16.1 Å². The smallest absolute Gasteiger partial charge is 0.240 e. The summed E-state index contributed by atoms with van der Waals surface area (Å²) in [6, 6.07) is 22.1. The molecule has 0 bridgehead atoms. The topological polar surface area (TPSA) is 80.3 Å². The zero-order valence-electron chi connectivity index (χ0n) is 15.8. The van der Waals surface area contributed by atoms with Crippen LogP contribution in [0.1, 0.15) is 18.5 Å². The molecule has 0 saturated heterocycles. The molecule has 2 amide bonds. The highest BCUT2D eigenvalue weighted by Crippen LogP contribution is 2.47. The van der Waals surface area contributed by atoms with Crippen LogP contribution in [0.2, 0.25) is 0 Å². The number of ether oxygens (including phenoxy) is 1. The van der Waals surface area contributed by atoms with Crippen LogP contribution < -0.4 is 15.4 Å². The molecule has 146 valence electrons. The number of carbonyl (C=O) groups is 2. The summed E-state index contributed by atoms with van der Waals surface area (Å²) in [5, 5.41) is 5.67. The number of aromatic nitrogens is 1. The number of amides is 2. The predicted molar refractivity (Wildman–Crippen MR) is 109 cm³/mol. The molecule has 0 atom stereocenters. The van der Waals surface area contributed by atoms with Crippen LogP contribution in [0.3, 0.4) is 0 Å². The van der Waals surface area contributed by atoms with Crippen LogP contribution >= 0.6 is 0 Å². The molecule has 29 heavy (non-hydrogen) atoms. The Morgan fingerprint density at radius 2 is 1.55 bits per heavy atom. The van der Waals surface area contributed by atoms with E-state index in [9.17, 15) is 9.59 Å². The highest BCUT2D eigenvalue weighted by molar-refractivity contribution is 6.13. The van der Waals surface area contributed by atoms with Crippen molar-refractivity contribution in [3.8, 4) is 11.5 Å². The van der Waals surface area contributed by atoms with Crippen LogP contribution in [0.5, 0.6) is 11.5 Å². The molecular formula is C23H21N3O3. The summed E-state index contributed by atoms with van der Waals surface area (Å²) >= 11 is 0. The van der Waals surface area contributed by atoms with E-state index in [0.717, 1.165) is 11.4 Å². The van der Waals surface area contributed by atoms with Crippen molar-refractivity contribution in [2.75, 3.05) is 5.32 Å². The highest BCUT2D eigenvalue weighted by atomic mass is 16.5. The van der Waals surface area contributed by atoms with Gasteiger partial charge < -0.3 is 15.4 Å². The van der Waals surface area contributed by atoms with Gasteiger partial charge in [0.25, 0.3) is 0 Å². The molecule has 1 aromatic heterocycles. The van der Waals surface area contributed by atoms with E-state index in [0.29, 0.717) is 30.8 Å². The van der Waals surface area contributed by atoms with E-state index in [4.69, 9.17) is 4.74 Å². The van der Waals surface area contributed by atoms with Gasteiger partial charge in [0.05, 0.1) is 12.2 Å². The number of benzene rings is 2. The van der Waals surface area contributed by atoms with Gasteiger partial charge in [-0.15, -0.1) is 0 Å². The normalized spacial score (nSPS) is 13.9. The largest absolute Gasteiger partial charge is 0.457 e. The second-order valence-corrected chi connectivity index (χ2v) is 6.98. The average Bonchev–Trinajstić information content (AvgIpc) is 3.57. The average molecular weight is 387 g/mol. The van der Waals surface area contributed by atoms with Crippen molar-refractivity contribution in [3.05, 3.63) is 84.7 Å². The number of anilines is 1. The van der Waals surface area contributed by atoms with Crippen LogP contribution in [0.4, 0.5) is 5.69 Å². The minimum Gasteiger partial charge on any atom is -0.457 e. The van der Waals surface area contributed by atoms with Crippen molar-refractivity contribution in [2.45, 2.75) is 19.4 Å². The number of nitrogens with one attached hydrogen (secondary N) is 2. The third kappa shape index (κ3) is 4.43. The Kier molecular flexibility index (Phi) is 5.24. The molecule has 0 unspecified atom stereocenters. The summed E-state index contributed by atoms with van der Waals surface area (Å²) in [6.45, 7) is 0.306. The van der Waals surface area contributed by atoms with Gasteiger partial charge in [-0.1, -0.05) is 24.3 Å². The van der Waals surface area contributed by atoms with Gasteiger partial charge in [0, 0.05) is 11.9 Å². The third-order valence-electron chi connectivity index (χ3n) is 4.87. The van der Waals surface area contributed by atoms with Crippen LogP contribution in [0.25, 0.3) is 0 Å². The van der Waals surface area contributed by atoms with Gasteiger partial charge in [-0.25, -0.2) is 0 Å². The molecule has 0 radical (unpaired) electrons. The molecule has 1 aliphatic carbocycles. The summed E-state index contributed by atoms with van der Waals surface area (Å²) in [6.07, 6.45) is 2.76. The number of hydrogen-bond donors (Lipinski definition) is 2. The maximum atomic E-state index is 12.7. The van der Waals surface area contributed by atoms with Crippen molar-refractivity contribution in [1.29, 1.82) is 0 Å². The summed E-state index contributed by atoms with van der Waals surface area (Å²) < 4.78 is 5.75. The third-order valence-corrected chi connectivity index (χ3v) is 4.87. The first-order valence-corrected chi connectivity index (χ1v) is 9.48. The predicted octanol–water partition coefficient (Wildman–Crippen LogP) is 3.91. The quantitative estimate of drug-likeness (QED) is 0.603. The first kappa shape index (κ1) is 18.7. The molecule has 1 aliphatic rings. The number of hydrogen-bond acceptors (Lipinski definition) is 4. The fourth-order valence-electron chi connectivity index (χ4n) is 3.01. The van der Waals surface area contributed by atoms with E-state index in [1.807, 2.05) is 48.5 Å². The molecule has 6 nitrogen and oxygen atoms in total. The molecule has 1 heterocycles. The van der Waals surface area contributed by atoms with Crippen molar-refractivity contribution in [1.82, 2.24) is 10.3 Å². The fourth-order valence-corrected chi connectivity index (χ4v) is 3.01. The van der Waals surface area contributed by atoms with Gasteiger partial charge >= 0.3 is 0 Å². The number of para-hydroxylation sites is 1. The summed E-state index contributed by atoms with van der Waals surface area (Å²) in [7, 11) is 0. The first-order valence-electron chi connectivity index (χ1n) is 9.48. The standard InChI is InChI=1S/C23H21N3O3/c27-21(25-16-18-6-4-5-15-24-18)23(13-14-23)22(28)26-17-9-11-20(12-10-17)29-19-7-2-1-3-8-19/h1-12,15H,13-14,16H2,(H,25,27)(H,26,28). The van der Waals surface area contributed by atoms with Crippen molar-refractivity contribution in [2.24, 2.45) is 5.41 Å². The first-order chi connectivity index (χ1) is 14.2. The molecule has 0 aliphatic heterocycles. The molecule has 2 N–H and O–H groups in total. The van der Waals surface area contributed by atoms with E-state index < -0.39 is 5.41 Å². The maximum Gasteiger partial charge on any atom is 0.240 e. The van der Waals surface area contributed by atoms with Crippen LogP contribution in [0.15, 0.2) is 79.0 Å². The van der Waals surface area contributed by atoms with Crippen molar-refractivity contribution in [3.63, 3.8) is 0 Å². The molecule has 1 saturated carbocycles. The van der Waals surface area contributed by atoms with Gasteiger partial charge in [-0.05, 0) is 61.4 Å². The van der Waals surface area contributed by atoms with Crippen LogP contribution in [-0.4, -0.2) is 16.8 Å². The Bertz CT molecular complexity index is 985. The Labute approximate surface area is 168 Å². The minimum atomic E-state index is -0.992. The number of pyridine rings is 1. The minimum absolute atomic E-state index is 0.260. The number of rotatable bonds is 7. The fraction of sp³-hybridized carbons (Fsp3) is 0.174. The van der Waals surface area contributed by atoms with Gasteiger partial charge in [0.15, 0.2) is 0 Å². The zero-order valence-corrected chi connectivity index (χ0v) is 15.8. The Morgan fingerprint density at radius 1 is 0.862 bits per heavy atom. The van der Waals surface area contributed by atoms with E-state index in [2.05, 4.69) is 15.6 Å². The number of carbonyl (C=O) groups excluding carboxylic acids is 2. The lowest BCUT2D eigenvalue weighted by Crippen LogP contribution is -2.39. The Morgan fingerprint density at radius 3 is 2.21 bits per heavy atom. The van der Waals surface area contributed by atoms with E-state index in [-0.39, 0.29) is 11.8 Å². The Balaban J connectivity index is 1.34. The van der Waals surface area contributed by atoms with Gasteiger partial charge in [-0.3, -0.25) is 14.6 Å². The molecule has 3 aromatic rings. The molecule has 4 rings (SSSR count). The van der Waals surface area contributed by atoms with E-state index in [1.54, 1.807) is 30.5 Å². The van der Waals surface area contributed by atoms with Crippen LogP contribution in [0, 0.1) is 5.41 Å². The summed E-state index contributed by atoms with van der Waals surface area (Å²) in [5.74, 6) is 0.867. The van der Waals surface area contributed by atoms with Gasteiger partial charge in [0.2, 0.25) is 11.8 Å². The van der Waals surface area contributed by atoms with Crippen molar-refractivity contribution < 1.29 is 14.3 Å².